The highest BCUT2D eigenvalue weighted by Crippen LogP contribution is 2.23. The van der Waals surface area contributed by atoms with Crippen molar-refractivity contribution in [3.63, 3.8) is 0 Å². The van der Waals surface area contributed by atoms with Gasteiger partial charge in [0.15, 0.2) is 11.8 Å². The molecule has 0 aromatic carbocycles. The molecule has 0 atom stereocenters. The van der Waals surface area contributed by atoms with Gasteiger partial charge in [0, 0.05) is 26.2 Å². The summed E-state index contributed by atoms with van der Waals surface area (Å²) in [6, 6.07) is 0. The Hall–Kier alpha value is -0.530. The Bertz CT molecular complexity index is 202. The molecule has 0 aliphatic heterocycles. The maximum atomic E-state index is 11.8. The Morgan fingerprint density at radius 1 is 1.29 bits per heavy atom. The van der Waals surface area contributed by atoms with Gasteiger partial charge in [-0.25, -0.2) is 4.74 Å². The summed E-state index contributed by atoms with van der Waals surface area (Å²) in [6.07, 6.45) is 9.17. The van der Waals surface area contributed by atoms with Crippen LogP contribution in [0, 0.1) is 11.1 Å². The van der Waals surface area contributed by atoms with E-state index in [-0.39, 0.29) is 5.54 Å². The monoisotopic (exact) mass is 197 g/mol. The standard InChI is InChI=1S/C12H23NO/c1-4-12(2,3)13(14)10-11-8-6-5-7-9-11/h10-11H,4-9H2,1-3H3. The summed E-state index contributed by atoms with van der Waals surface area (Å²) >= 11 is 0. The Kier molecular flexibility index (Phi) is 3.97. The van der Waals surface area contributed by atoms with Crippen LogP contribution in [0.25, 0.3) is 0 Å². The normalized spacial score (nSPS) is 21.2. The van der Waals surface area contributed by atoms with Gasteiger partial charge in [-0.15, -0.1) is 0 Å². The summed E-state index contributed by atoms with van der Waals surface area (Å²) in [7, 11) is 0. The van der Waals surface area contributed by atoms with Crippen molar-refractivity contribution in [2.75, 3.05) is 0 Å². The lowest BCUT2D eigenvalue weighted by Gasteiger charge is -2.25. The fourth-order valence-electron chi connectivity index (χ4n) is 1.83. The van der Waals surface area contributed by atoms with Crippen molar-refractivity contribution in [2.45, 2.75) is 64.8 Å². The second-order valence-corrected chi connectivity index (χ2v) is 5.04. The number of rotatable bonds is 3. The number of hydroxylamine groups is 1. The maximum Gasteiger partial charge on any atom is 0.166 e. The minimum Gasteiger partial charge on any atom is -0.624 e. The zero-order valence-corrected chi connectivity index (χ0v) is 9.75. The van der Waals surface area contributed by atoms with E-state index in [1.54, 1.807) is 0 Å². The smallest absolute Gasteiger partial charge is 0.166 e. The summed E-state index contributed by atoms with van der Waals surface area (Å²) in [5.74, 6) is 0.534. The molecular formula is C12H23NO. The van der Waals surface area contributed by atoms with Crippen molar-refractivity contribution in [3.8, 4) is 0 Å². The summed E-state index contributed by atoms with van der Waals surface area (Å²) in [5.41, 5.74) is -0.225. The van der Waals surface area contributed by atoms with E-state index in [1.165, 1.54) is 36.8 Å². The molecule has 0 N–H and O–H groups in total. The van der Waals surface area contributed by atoms with E-state index in [0.717, 1.165) is 6.42 Å². The van der Waals surface area contributed by atoms with Gasteiger partial charge in [-0.1, -0.05) is 26.2 Å². The van der Waals surface area contributed by atoms with Crippen molar-refractivity contribution >= 4 is 6.21 Å². The SMILES string of the molecule is CCC(C)(C)[N+]([O-])=CC1CCCCC1. The van der Waals surface area contributed by atoms with E-state index < -0.39 is 0 Å². The first-order valence-electron chi connectivity index (χ1n) is 5.87. The molecular weight excluding hydrogens is 174 g/mol. The molecule has 14 heavy (non-hydrogen) atoms. The second kappa shape index (κ2) is 4.81. The molecule has 0 radical (unpaired) electrons. The van der Waals surface area contributed by atoms with Crippen LogP contribution in [0.4, 0.5) is 0 Å². The van der Waals surface area contributed by atoms with Gasteiger partial charge in [0.2, 0.25) is 0 Å². The van der Waals surface area contributed by atoms with Crippen molar-refractivity contribution in [1.82, 2.24) is 0 Å². The first-order valence-corrected chi connectivity index (χ1v) is 5.87. The van der Waals surface area contributed by atoms with E-state index >= 15 is 0 Å². The molecule has 0 spiro atoms. The molecule has 1 fully saturated rings. The fourth-order valence-corrected chi connectivity index (χ4v) is 1.83. The molecule has 0 bridgehead atoms. The maximum absolute atomic E-state index is 11.8. The molecule has 1 rings (SSSR count). The Labute approximate surface area is 87.6 Å². The number of hydrogen-bond donors (Lipinski definition) is 0. The molecule has 0 saturated heterocycles. The average molecular weight is 197 g/mol. The van der Waals surface area contributed by atoms with Gasteiger partial charge in [-0.2, -0.15) is 0 Å². The van der Waals surface area contributed by atoms with Gasteiger partial charge in [0.25, 0.3) is 0 Å². The quantitative estimate of drug-likeness (QED) is 0.295. The zero-order chi connectivity index (χ0) is 10.6. The van der Waals surface area contributed by atoms with E-state index in [9.17, 15) is 5.21 Å². The Morgan fingerprint density at radius 2 is 1.86 bits per heavy atom. The Morgan fingerprint density at radius 3 is 2.36 bits per heavy atom. The molecule has 82 valence electrons. The van der Waals surface area contributed by atoms with Gasteiger partial charge in [0.1, 0.15) is 0 Å². The molecule has 0 aromatic rings. The van der Waals surface area contributed by atoms with Crippen LogP contribution in [0.1, 0.15) is 59.3 Å². The molecule has 0 heterocycles. The highest BCUT2D eigenvalue weighted by molar-refractivity contribution is 5.55. The summed E-state index contributed by atoms with van der Waals surface area (Å²) < 4.78 is 1.18. The number of nitrogens with zero attached hydrogens (tertiary/aromatic N) is 1. The summed E-state index contributed by atoms with van der Waals surface area (Å²) in [6.45, 7) is 6.10. The fraction of sp³-hybridized carbons (Fsp3) is 0.917. The minimum atomic E-state index is -0.225. The first-order chi connectivity index (χ1) is 6.56. The molecule has 0 unspecified atom stereocenters. The predicted molar refractivity (Wildman–Crippen MR) is 60.6 cm³/mol. The summed E-state index contributed by atoms with van der Waals surface area (Å²) in [4.78, 5) is 0. The van der Waals surface area contributed by atoms with Crippen molar-refractivity contribution < 1.29 is 4.74 Å². The second-order valence-electron chi connectivity index (χ2n) is 5.04. The topological polar surface area (TPSA) is 26.1 Å². The molecule has 2 heteroatoms. The van der Waals surface area contributed by atoms with Crippen LogP contribution in [0.15, 0.2) is 0 Å². The van der Waals surface area contributed by atoms with Crippen LogP contribution in [-0.2, 0) is 0 Å². The van der Waals surface area contributed by atoms with Crippen LogP contribution in [0.2, 0.25) is 0 Å². The van der Waals surface area contributed by atoms with Crippen molar-refractivity contribution in [3.05, 3.63) is 5.21 Å². The van der Waals surface area contributed by atoms with Crippen LogP contribution >= 0.6 is 0 Å². The third-order valence-corrected chi connectivity index (χ3v) is 3.46. The molecule has 2 nitrogen and oxygen atoms in total. The number of hydrogen-bond acceptors (Lipinski definition) is 1. The van der Waals surface area contributed by atoms with E-state index in [1.807, 2.05) is 20.1 Å². The highest BCUT2D eigenvalue weighted by atomic mass is 16.5. The van der Waals surface area contributed by atoms with E-state index in [0.29, 0.717) is 5.92 Å². The van der Waals surface area contributed by atoms with Crippen LogP contribution < -0.4 is 0 Å². The van der Waals surface area contributed by atoms with Gasteiger partial charge in [0.05, 0.1) is 0 Å². The lowest BCUT2D eigenvalue weighted by atomic mass is 9.90. The lowest BCUT2D eigenvalue weighted by molar-refractivity contribution is -0.538. The van der Waals surface area contributed by atoms with Crippen LogP contribution in [0.5, 0.6) is 0 Å². The van der Waals surface area contributed by atoms with Crippen molar-refractivity contribution in [2.24, 2.45) is 5.92 Å². The highest BCUT2D eigenvalue weighted by Gasteiger charge is 2.25. The van der Waals surface area contributed by atoms with E-state index in [2.05, 4.69) is 6.92 Å². The van der Waals surface area contributed by atoms with Gasteiger partial charge in [-0.3, -0.25) is 0 Å². The van der Waals surface area contributed by atoms with Gasteiger partial charge < -0.3 is 5.21 Å². The van der Waals surface area contributed by atoms with Crippen LogP contribution in [0.3, 0.4) is 0 Å². The van der Waals surface area contributed by atoms with Gasteiger partial charge >= 0.3 is 0 Å². The molecule has 1 aliphatic carbocycles. The Balaban J connectivity index is 2.57. The average Bonchev–Trinajstić information content (AvgIpc) is 2.19. The lowest BCUT2D eigenvalue weighted by Crippen LogP contribution is -2.34. The van der Waals surface area contributed by atoms with Crippen LogP contribution in [-0.4, -0.2) is 16.5 Å². The van der Waals surface area contributed by atoms with Gasteiger partial charge in [-0.05, 0) is 12.8 Å². The van der Waals surface area contributed by atoms with E-state index in [4.69, 9.17) is 0 Å². The molecule has 1 aliphatic rings. The first kappa shape index (κ1) is 11.5. The molecule has 0 aromatic heterocycles. The third kappa shape index (κ3) is 3.00. The largest absolute Gasteiger partial charge is 0.624 e. The molecule has 1 saturated carbocycles. The van der Waals surface area contributed by atoms with Crippen molar-refractivity contribution in [1.29, 1.82) is 0 Å². The minimum absolute atomic E-state index is 0.225. The summed E-state index contributed by atoms with van der Waals surface area (Å²) in [5, 5.41) is 11.8. The predicted octanol–water partition coefficient (Wildman–Crippen LogP) is 3.34. The molecule has 0 amide bonds. The zero-order valence-electron chi connectivity index (χ0n) is 9.75. The third-order valence-electron chi connectivity index (χ3n) is 3.46.